The number of halogens is 3. The Hall–Kier alpha value is -1.78. The second-order valence-electron chi connectivity index (χ2n) is 3.54. The van der Waals surface area contributed by atoms with Gasteiger partial charge in [0.05, 0.1) is 5.56 Å². The lowest BCUT2D eigenvalue weighted by atomic mass is 9.86. The van der Waals surface area contributed by atoms with Crippen molar-refractivity contribution < 1.29 is 13.2 Å². The van der Waals surface area contributed by atoms with Gasteiger partial charge >= 0.3 is 6.18 Å². The number of benzene rings is 1. The maximum Gasteiger partial charge on any atom is 0.416 e. The van der Waals surface area contributed by atoms with Crippen LogP contribution in [0.15, 0.2) is 42.7 Å². The number of hydrogen-bond acceptors (Lipinski definition) is 1. The summed E-state index contributed by atoms with van der Waals surface area (Å²) >= 11 is 0. The van der Waals surface area contributed by atoms with Crippen molar-refractivity contribution in [3.63, 3.8) is 0 Å². The zero-order valence-corrected chi connectivity index (χ0v) is 8.70. The third-order valence-corrected chi connectivity index (χ3v) is 2.37. The molecule has 1 aromatic heterocycles. The third-order valence-electron chi connectivity index (χ3n) is 2.37. The van der Waals surface area contributed by atoms with Crippen molar-refractivity contribution in [2.45, 2.75) is 6.18 Å². The monoisotopic (exact) mass is 233 g/mol. The first-order valence-electron chi connectivity index (χ1n) is 4.85. The molecule has 0 aliphatic carbocycles. The topological polar surface area (TPSA) is 12.9 Å². The van der Waals surface area contributed by atoms with Gasteiger partial charge in [-0.2, -0.15) is 13.2 Å². The molecule has 0 N–H and O–H groups in total. The smallest absolute Gasteiger partial charge is 0.265 e. The normalized spacial score (nSPS) is 11.5. The summed E-state index contributed by atoms with van der Waals surface area (Å²) in [5.74, 6) is 0. The molecule has 0 aliphatic heterocycles. The molecular formula is C12H7BF3N. The molecule has 0 atom stereocenters. The highest BCUT2D eigenvalue weighted by atomic mass is 19.4. The van der Waals surface area contributed by atoms with E-state index in [0.29, 0.717) is 16.6 Å². The summed E-state index contributed by atoms with van der Waals surface area (Å²) in [5.41, 5.74) is 0.577. The molecule has 0 fully saturated rings. The molecular weight excluding hydrogens is 226 g/mol. The number of nitrogens with zero attached hydrogens (tertiary/aromatic N) is 1. The van der Waals surface area contributed by atoms with Crippen LogP contribution in [0.2, 0.25) is 0 Å². The van der Waals surface area contributed by atoms with Gasteiger partial charge in [-0.3, -0.25) is 4.98 Å². The minimum Gasteiger partial charge on any atom is -0.265 e. The zero-order chi connectivity index (χ0) is 12.5. The summed E-state index contributed by atoms with van der Waals surface area (Å²) in [4.78, 5) is 3.81. The van der Waals surface area contributed by atoms with Crippen molar-refractivity contribution in [3.8, 4) is 11.1 Å². The Kier molecular flexibility index (Phi) is 2.92. The fourth-order valence-corrected chi connectivity index (χ4v) is 1.51. The van der Waals surface area contributed by atoms with E-state index in [9.17, 15) is 13.2 Å². The van der Waals surface area contributed by atoms with E-state index in [-0.39, 0.29) is 0 Å². The molecule has 2 aromatic rings. The Bertz CT molecular complexity index is 523. The highest BCUT2D eigenvalue weighted by molar-refractivity contribution is 6.35. The predicted molar refractivity (Wildman–Crippen MR) is 60.1 cm³/mol. The largest absolute Gasteiger partial charge is 0.416 e. The van der Waals surface area contributed by atoms with Gasteiger partial charge in [-0.15, -0.1) is 0 Å². The quantitative estimate of drug-likeness (QED) is 0.689. The van der Waals surface area contributed by atoms with Crippen LogP contribution in [0.1, 0.15) is 5.56 Å². The van der Waals surface area contributed by atoms with Gasteiger partial charge in [0.2, 0.25) is 0 Å². The van der Waals surface area contributed by atoms with Crippen LogP contribution in [-0.2, 0) is 6.18 Å². The predicted octanol–water partition coefficient (Wildman–Crippen LogP) is 2.56. The van der Waals surface area contributed by atoms with Crippen molar-refractivity contribution in [3.05, 3.63) is 48.3 Å². The van der Waals surface area contributed by atoms with Crippen LogP contribution < -0.4 is 5.46 Å². The molecule has 0 spiro atoms. The molecule has 1 heterocycles. The molecule has 0 saturated carbocycles. The molecule has 2 rings (SSSR count). The fourth-order valence-electron chi connectivity index (χ4n) is 1.51. The van der Waals surface area contributed by atoms with E-state index in [0.717, 1.165) is 12.1 Å². The highest BCUT2D eigenvalue weighted by Gasteiger charge is 2.30. The summed E-state index contributed by atoms with van der Waals surface area (Å²) < 4.78 is 37.7. The molecule has 1 nitrogen and oxygen atoms in total. The van der Waals surface area contributed by atoms with Crippen LogP contribution in [-0.4, -0.2) is 12.8 Å². The van der Waals surface area contributed by atoms with Gasteiger partial charge in [0.1, 0.15) is 7.85 Å². The Labute approximate surface area is 97.7 Å². The molecule has 0 bridgehead atoms. The second kappa shape index (κ2) is 4.24. The van der Waals surface area contributed by atoms with Crippen LogP contribution in [0.5, 0.6) is 0 Å². The highest BCUT2D eigenvalue weighted by Crippen LogP contribution is 2.31. The number of hydrogen-bond donors (Lipinski definition) is 0. The average molecular weight is 233 g/mol. The van der Waals surface area contributed by atoms with E-state index >= 15 is 0 Å². The van der Waals surface area contributed by atoms with Gasteiger partial charge in [-0.05, 0) is 29.3 Å². The zero-order valence-electron chi connectivity index (χ0n) is 8.70. The van der Waals surface area contributed by atoms with E-state index in [1.165, 1.54) is 18.5 Å². The second-order valence-corrected chi connectivity index (χ2v) is 3.54. The van der Waals surface area contributed by atoms with Gasteiger partial charge in [0.15, 0.2) is 0 Å². The van der Waals surface area contributed by atoms with Crippen LogP contribution in [0.3, 0.4) is 0 Å². The maximum atomic E-state index is 12.6. The number of aromatic nitrogens is 1. The first-order valence-corrected chi connectivity index (χ1v) is 4.85. The standard InChI is InChI=1S/C12H7BF3N/c13-11-2-1-9(12(14,15)16)7-10(11)8-3-5-17-6-4-8/h1-7H. The maximum absolute atomic E-state index is 12.6. The van der Waals surface area contributed by atoms with Gasteiger partial charge < -0.3 is 0 Å². The lowest BCUT2D eigenvalue weighted by Gasteiger charge is -2.11. The SMILES string of the molecule is [B]c1ccc(C(F)(F)F)cc1-c1ccncc1. The summed E-state index contributed by atoms with van der Waals surface area (Å²) in [6.45, 7) is 0. The van der Waals surface area contributed by atoms with Crippen molar-refractivity contribution in [2.24, 2.45) is 0 Å². The molecule has 84 valence electrons. The summed E-state index contributed by atoms with van der Waals surface area (Å²) in [7, 11) is 5.68. The molecule has 0 unspecified atom stereocenters. The summed E-state index contributed by atoms with van der Waals surface area (Å²) in [6.07, 6.45) is -1.35. The average Bonchev–Trinajstić information content (AvgIpc) is 2.29. The minimum atomic E-state index is -4.37. The first-order chi connectivity index (χ1) is 7.98. The number of pyridine rings is 1. The Morgan fingerprint density at radius 2 is 1.65 bits per heavy atom. The summed E-state index contributed by atoms with van der Waals surface area (Å²) in [6, 6.07) is 6.51. The molecule has 5 heteroatoms. The number of alkyl halides is 3. The van der Waals surface area contributed by atoms with Gasteiger partial charge in [-0.1, -0.05) is 17.6 Å². The van der Waals surface area contributed by atoms with Crippen LogP contribution in [0.4, 0.5) is 13.2 Å². The Morgan fingerprint density at radius 3 is 2.24 bits per heavy atom. The Balaban J connectivity index is 2.55. The van der Waals surface area contributed by atoms with E-state index in [1.807, 2.05) is 0 Å². The third kappa shape index (κ3) is 2.49. The van der Waals surface area contributed by atoms with Crippen LogP contribution in [0.25, 0.3) is 11.1 Å². The van der Waals surface area contributed by atoms with Crippen molar-refractivity contribution in [1.29, 1.82) is 0 Å². The van der Waals surface area contributed by atoms with Crippen LogP contribution in [0, 0.1) is 0 Å². The lowest BCUT2D eigenvalue weighted by molar-refractivity contribution is -0.137. The van der Waals surface area contributed by atoms with E-state index in [2.05, 4.69) is 4.98 Å². The van der Waals surface area contributed by atoms with Gasteiger partial charge in [0.25, 0.3) is 0 Å². The fraction of sp³-hybridized carbons (Fsp3) is 0.0833. The minimum absolute atomic E-state index is 0.309. The Morgan fingerprint density at radius 1 is 1.00 bits per heavy atom. The molecule has 17 heavy (non-hydrogen) atoms. The van der Waals surface area contributed by atoms with Gasteiger partial charge in [-0.25, -0.2) is 0 Å². The molecule has 0 amide bonds. The lowest BCUT2D eigenvalue weighted by Crippen LogP contribution is -2.12. The first kappa shape index (κ1) is 11.7. The van der Waals surface area contributed by atoms with Crippen molar-refractivity contribution >= 4 is 13.3 Å². The van der Waals surface area contributed by atoms with Crippen molar-refractivity contribution in [1.82, 2.24) is 4.98 Å². The number of rotatable bonds is 1. The van der Waals surface area contributed by atoms with Crippen molar-refractivity contribution in [2.75, 3.05) is 0 Å². The molecule has 2 radical (unpaired) electrons. The van der Waals surface area contributed by atoms with E-state index in [1.54, 1.807) is 12.1 Å². The molecule has 0 saturated heterocycles. The van der Waals surface area contributed by atoms with E-state index in [4.69, 9.17) is 7.85 Å². The van der Waals surface area contributed by atoms with Crippen LogP contribution >= 0.6 is 0 Å². The van der Waals surface area contributed by atoms with Gasteiger partial charge in [0, 0.05) is 12.4 Å². The molecule has 0 aliphatic rings. The summed E-state index contributed by atoms with van der Waals surface area (Å²) in [5, 5.41) is 0. The molecule has 1 aromatic carbocycles. The van der Waals surface area contributed by atoms with E-state index < -0.39 is 11.7 Å².